The summed E-state index contributed by atoms with van der Waals surface area (Å²) in [4.78, 5) is 88.5. The number of rotatable bonds is 23. The molecule has 0 fully saturated rings. The monoisotopic (exact) mass is 794 g/mol. The van der Waals surface area contributed by atoms with Crippen molar-refractivity contribution >= 4 is 47.3 Å². The molecule has 57 heavy (non-hydrogen) atoms. The van der Waals surface area contributed by atoms with Crippen LogP contribution < -0.4 is 42.8 Å². The lowest BCUT2D eigenvalue weighted by atomic mass is 10.0. The Bertz CT molecular complexity index is 1720. The number of carbonyl (C=O) groups is 7. The van der Waals surface area contributed by atoms with E-state index in [1.807, 2.05) is 0 Å². The summed E-state index contributed by atoms with van der Waals surface area (Å²) in [5.74, 6) is -2.14. The van der Waals surface area contributed by atoms with Gasteiger partial charge in [-0.15, -0.1) is 0 Å². The zero-order chi connectivity index (χ0) is 41.9. The van der Waals surface area contributed by atoms with E-state index in [-0.39, 0.29) is 50.1 Å². The number of primary amides is 2. The van der Waals surface area contributed by atoms with Crippen LogP contribution in [0.25, 0.3) is 0 Å². The molecule has 0 aliphatic carbocycles. The van der Waals surface area contributed by atoms with E-state index >= 15 is 0 Å². The Labute approximate surface area is 331 Å². The van der Waals surface area contributed by atoms with E-state index in [9.17, 15) is 38.7 Å². The van der Waals surface area contributed by atoms with E-state index in [0.29, 0.717) is 49.2 Å². The minimum atomic E-state index is -1.05. The number of nitrogens with one attached hydrogen (secondary N) is 5. The Hall–Kier alpha value is -6.17. The van der Waals surface area contributed by atoms with E-state index in [4.69, 9.17) is 20.9 Å². The van der Waals surface area contributed by atoms with Crippen LogP contribution >= 0.6 is 0 Å². The van der Waals surface area contributed by atoms with E-state index in [2.05, 4.69) is 26.6 Å². The second-order valence-electron chi connectivity index (χ2n) is 13.8. The fourth-order valence-electron chi connectivity index (χ4n) is 5.78. The van der Waals surface area contributed by atoms with Crippen molar-refractivity contribution < 1.29 is 48.1 Å². The number of benzene rings is 2. The number of ether oxygens (including phenoxy) is 2. The quantitative estimate of drug-likeness (QED) is 0.0747. The topological polar surface area (TPSA) is 274 Å². The van der Waals surface area contributed by atoms with E-state index < -0.39 is 54.2 Å². The summed E-state index contributed by atoms with van der Waals surface area (Å²) in [5.41, 5.74) is 12.4. The van der Waals surface area contributed by atoms with Crippen molar-refractivity contribution in [2.75, 3.05) is 25.5 Å². The maximum absolute atomic E-state index is 13.5. The van der Waals surface area contributed by atoms with Crippen LogP contribution in [0.5, 0.6) is 5.75 Å². The predicted molar refractivity (Wildman–Crippen MR) is 209 cm³/mol. The molecule has 310 valence electrons. The van der Waals surface area contributed by atoms with Gasteiger partial charge in [0.2, 0.25) is 29.5 Å². The maximum Gasteiger partial charge on any atom is 0.408 e. The summed E-state index contributed by atoms with van der Waals surface area (Å²) >= 11 is 0. The first-order valence-corrected chi connectivity index (χ1v) is 18.7. The first-order valence-electron chi connectivity index (χ1n) is 18.7. The van der Waals surface area contributed by atoms with Crippen molar-refractivity contribution in [2.45, 2.75) is 89.8 Å². The number of carbonyl (C=O) groups excluding carboxylic acids is 7. The zero-order valence-corrected chi connectivity index (χ0v) is 32.5. The third-order valence-electron chi connectivity index (χ3n) is 9.01. The molecule has 0 spiro atoms. The van der Waals surface area contributed by atoms with Crippen molar-refractivity contribution in [2.24, 2.45) is 17.4 Å². The number of urea groups is 1. The summed E-state index contributed by atoms with van der Waals surface area (Å²) < 4.78 is 10.4. The second-order valence-corrected chi connectivity index (χ2v) is 13.8. The highest BCUT2D eigenvalue weighted by atomic mass is 16.5. The molecule has 1 aliphatic rings. The lowest BCUT2D eigenvalue weighted by molar-refractivity contribution is -0.132. The van der Waals surface area contributed by atoms with Gasteiger partial charge >= 0.3 is 12.1 Å². The first kappa shape index (κ1) is 45.2. The SMILES string of the molecule is COc1ccc(C[C@H](NC(=O)OCc2ccc(NC(=O)[C@H](CCCNC(N)=O)NC(=O)[C@@H](NC(=O)CCCCCN3C(=O)C=CC3O)C(C)C)cc2)C(N)=O)cc1. The molecule has 0 aromatic heterocycles. The summed E-state index contributed by atoms with van der Waals surface area (Å²) in [6.45, 7) is 3.88. The van der Waals surface area contributed by atoms with Gasteiger partial charge in [0.1, 0.15) is 36.7 Å². The molecule has 2 aromatic carbocycles. The van der Waals surface area contributed by atoms with Crippen molar-refractivity contribution in [3.8, 4) is 5.75 Å². The number of aliphatic hydroxyl groups excluding tert-OH is 1. The van der Waals surface area contributed by atoms with Gasteiger partial charge in [-0.05, 0) is 73.1 Å². The molecular formula is C39H54N8O10. The number of alkyl carbamates (subject to hydrolysis) is 1. The summed E-state index contributed by atoms with van der Waals surface area (Å²) in [5, 5.41) is 23.0. The van der Waals surface area contributed by atoms with Gasteiger partial charge in [0.05, 0.1) is 7.11 Å². The van der Waals surface area contributed by atoms with Gasteiger partial charge in [0.25, 0.3) is 0 Å². The molecule has 1 unspecified atom stereocenters. The number of nitrogens with zero attached hydrogens (tertiary/aromatic N) is 1. The molecule has 1 aliphatic heterocycles. The molecule has 4 atom stereocenters. The molecule has 18 heteroatoms. The van der Waals surface area contributed by atoms with Gasteiger partial charge in [-0.3, -0.25) is 24.0 Å². The third-order valence-corrected chi connectivity index (χ3v) is 9.01. The van der Waals surface area contributed by atoms with Crippen LogP contribution in [0.2, 0.25) is 0 Å². The van der Waals surface area contributed by atoms with Crippen molar-refractivity contribution in [1.82, 2.24) is 26.2 Å². The highest BCUT2D eigenvalue weighted by molar-refractivity contribution is 5.98. The van der Waals surface area contributed by atoms with Gasteiger partial charge in [-0.25, -0.2) is 9.59 Å². The number of anilines is 1. The number of nitrogens with two attached hydrogens (primary N) is 2. The molecular weight excluding hydrogens is 740 g/mol. The fraction of sp³-hybridized carbons (Fsp3) is 0.462. The number of amides is 8. The van der Waals surface area contributed by atoms with E-state index in [1.165, 1.54) is 24.2 Å². The zero-order valence-electron chi connectivity index (χ0n) is 32.5. The average Bonchev–Trinajstić information content (AvgIpc) is 3.49. The molecule has 0 saturated carbocycles. The molecule has 0 radical (unpaired) electrons. The summed E-state index contributed by atoms with van der Waals surface area (Å²) in [6.07, 6.45) is 3.37. The number of methoxy groups -OCH3 is 1. The highest BCUT2D eigenvalue weighted by Gasteiger charge is 2.29. The predicted octanol–water partition coefficient (Wildman–Crippen LogP) is 1.31. The van der Waals surface area contributed by atoms with Crippen molar-refractivity contribution in [3.05, 3.63) is 71.8 Å². The number of hydrogen-bond donors (Lipinski definition) is 8. The lowest BCUT2D eigenvalue weighted by Gasteiger charge is -2.25. The molecule has 1 heterocycles. The molecule has 3 rings (SSSR count). The third kappa shape index (κ3) is 15.8. The Morgan fingerprint density at radius 1 is 0.842 bits per heavy atom. The summed E-state index contributed by atoms with van der Waals surface area (Å²) in [7, 11) is 1.53. The van der Waals surface area contributed by atoms with Gasteiger partial charge < -0.3 is 57.5 Å². The van der Waals surface area contributed by atoms with Crippen LogP contribution in [0.1, 0.15) is 63.5 Å². The van der Waals surface area contributed by atoms with Crippen molar-refractivity contribution in [1.29, 1.82) is 0 Å². The molecule has 18 nitrogen and oxygen atoms in total. The van der Waals surface area contributed by atoms with Gasteiger partial charge in [-0.1, -0.05) is 44.5 Å². The maximum atomic E-state index is 13.5. The molecule has 8 amide bonds. The summed E-state index contributed by atoms with van der Waals surface area (Å²) in [6, 6.07) is 9.61. The standard InChI is InChI=1S/C39H54N8O10/c1-24(2)34(46-31(48)9-5-4-6-21-47-32(49)18-19-33(47)50)37(53)44-29(8-7-20-42-38(41)54)36(52)43-27-14-10-26(11-15-27)23-57-39(55)45-30(35(40)51)22-25-12-16-28(56-3)17-13-25/h10-19,24,29-30,32,34,49H,4-9,20-23H2,1-3H3,(H2,40,51)(H,43,52)(H,44,53)(H,45,55)(H,46,48)(H3,41,42,54)/t29-,30-,32?,34-/m0/s1. The number of unbranched alkanes of at least 4 members (excludes halogenated alkanes) is 2. The Morgan fingerprint density at radius 2 is 1.53 bits per heavy atom. The van der Waals surface area contributed by atoms with Crippen molar-refractivity contribution in [3.63, 3.8) is 0 Å². The fourth-order valence-corrected chi connectivity index (χ4v) is 5.78. The largest absolute Gasteiger partial charge is 0.497 e. The van der Waals surface area contributed by atoms with Crippen LogP contribution in [-0.4, -0.2) is 96.2 Å². The van der Waals surface area contributed by atoms with Crippen LogP contribution in [-0.2, 0) is 41.7 Å². The van der Waals surface area contributed by atoms with Gasteiger partial charge in [0, 0.05) is 37.7 Å². The smallest absolute Gasteiger partial charge is 0.408 e. The van der Waals surface area contributed by atoms with Crippen LogP contribution in [0.3, 0.4) is 0 Å². The van der Waals surface area contributed by atoms with Crippen LogP contribution in [0.4, 0.5) is 15.3 Å². The van der Waals surface area contributed by atoms with Crippen LogP contribution in [0.15, 0.2) is 60.7 Å². The minimum Gasteiger partial charge on any atom is -0.497 e. The molecule has 10 N–H and O–H groups in total. The second kappa shape index (κ2) is 23.0. The molecule has 0 saturated heterocycles. The van der Waals surface area contributed by atoms with E-state index in [1.54, 1.807) is 62.4 Å². The van der Waals surface area contributed by atoms with Crippen LogP contribution in [0, 0.1) is 5.92 Å². The normalized spacial score (nSPS) is 14.9. The average molecular weight is 795 g/mol. The highest BCUT2D eigenvalue weighted by Crippen LogP contribution is 2.15. The number of aliphatic hydroxyl groups is 1. The van der Waals surface area contributed by atoms with E-state index in [0.717, 1.165) is 5.56 Å². The number of hydrogen-bond acceptors (Lipinski definition) is 10. The minimum absolute atomic E-state index is 0.131. The first-order chi connectivity index (χ1) is 27.2. The Kier molecular flexibility index (Phi) is 18.3. The Balaban J connectivity index is 1.52. The van der Waals surface area contributed by atoms with Gasteiger partial charge in [0.15, 0.2) is 0 Å². The lowest BCUT2D eigenvalue weighted by Crippen LogP contribution is -2.54. The Morgan fingerprint density at radius 3 is 2.12 bits per heavy atom. The molecule has 2 aromatic rings. The molecule has 0 bridgehead atoms. The van der Waals surface area contributed by atoms with Gasteiger partial charge in [-0.2, -0.15) is 0 Å².